The Labute approximate surface area is 302 Å². The molecule has 12 nitrogen and oxygen atoms in total. The first-order valence-corrected chi connectivity index (χ1v) is 21.5. The van der Waals surface area contributed by atoms with E-state index in [4.69, 9.17) is 9.05 Å². The van der Waals surface area contributed by atoms with Gasteiger partial charge in [0.15, 0.2) is 0 Å². The Bertz CT molecular complexity index is 868. The van der Waals surface area contributed by atoms with E-state index in [0.29, 0.717) is 19.3 Å². The number of phosphoric acid groups is 1. The van der Waals surface area contributed by atoms with Crippen LogP contribution in [-0.4, -0.2) is 96.8 Å². The molecule has 1 aliphatic rings. The summed E-state index contributed by atoms with van der Waals surface area (Å²) in [5.41, 5.74) is 0. The smallest absolute Gasteiger partial charge is 0.391 e. The minimum Gasteiger partial charge on any atom is -0.391 e. The number of amides is 1. The molecule has 0 aromatic heterocycles. The van der Waals surface area contributed by atoms with Crippen LogP contribution in [0, 0.1) is 0 Å². The van der Waals surface area contributed by atoms with Crippen molar-refractivity contribution in [3.63, 3.8) is 0 Å². The van der Waals surface area contributed by atoms with Crippen molar-refractivity contribution in [1.29, 1.82) is 0 Å². The summed E-state index contributed by atoms with van der Waals surface area (Å²) < 4.78 is 22.8. The van der Waals surface area contributed by atoms with Crippen molar-refractivity contribution in [2.24, 2.45) is 0 Å². The van der Waals surface area contributed by atoms with Crippen LogP contribution in [0.1, 0.15) is 174 Å². The van der Waals surface area contributed by atoms with Crippen molar-refractivity contribution in [2.45, 2.75) is 223 Å². The Morgan fingerprint density at radius 1 is 0.600 bits per heavy atom. The Balaban J connectivity index is 2.54. The fourth-order valence-corrected chi connectivity index (χ4v) is 7.52. The van der Waals surface area contributed by atoms with E-state index >= 15 is 0 Å². The van der Waals surface area contributed by atoms with Crippen LogP contribution >= 0.6 is 7.82 Å². The van der Waals surface area contributed by atoms with Crippen molar-refractivity contribution >= 4 is 13.7 Å². The average Bonchev–Trinajstić information content (AvgIpc) is 3.09. The van der Waals surface area contributed by atoms with E-state index in [0.717, 1.165) is 38.5 Å². The van der Waals surface area contributed by atoms with Crippen LogP contribution in [0.15, 0.2) is 0 Å². The van der Waals surface area contributed by atoms with Gasteiger partial charge >= 0.3 is 7.82 Å². The van der Waals surface area contributed by atoms with Gasteiger partial charge in [-0.15, -0.1) is 0 Å². The van der Waals surface area contributed by atoms with Gasteiger partial charge in [0.25, 0.3) is 0 Å². The van der Waals surface area contributed by atoms with Crippen molar-refractivity contribution in [2.75, 3.05) is 6.61 Å². The summed E-state index contributed by atoms with van der Waals surface area (Å²) >= 11 is 0. The Morgan fingerprint density at radius 2 is 0.960 bits per heavy atom. The lowest BCUT2D eigenvalue weighted by molar-refractivity contribution is -0.220. The highest BCUT2D eigenvalue weighted by atomic mass is 31.2. The molecule has 1 fully saturated rings. The molecule has 1 amide bonds. The van der Waals surface area contributed by atoms with Gasteiger partial charge in [-0.05, 0) is 12.8 Å². The molecule has 0 aromatic rings. The second-order valence-corrected chi connectivity index (χ2v) is 15.9. The molecule has 1 saturated carbocycles. The van der Waals surface area contributed by atoms with E-state index < -0.39 is 63.2 Å². The molecule has 0 aromatic carbocycles. The molecule has 6 unspecified atom stereocenters. The van der Waals surface area contributed by atoms with Crippen LogP contribution in [0.3, 0.4) is 0 Å². The number of aliphatic hydroxyl groups excluding tert-OH is 6. The molecule has 13 heteroatoms. The number of carbonyl (C=O) groups excluding carboxylic acids is 1. The predicted octanol–water partition coefficient (Wildman–Crippen LogP) is 5.94. The summed E-state index contributed by atoms with van der Waals surface area (Å²) in [6.45, 7) is 3.84. The highest BCUT2D eigenvalue weighted by Gasteiger charge is 2.51. The van der Waals surface area contributed by atoms with Crippen LogP contribution in [0.25, 0.3) is 0 Å². The van der Waals surface area contributed by atoms with Gasteiger partial charge in [0.2, 0.25) is 5.91 Å². The minimum atomic E-state index is -5.04. The lowest BCUT2D eigenvalue weighted by Crippen LogP contribution is -2.64. The van der Waals surface area contributed by atoms with Crippen LogP contribution in [-0.2, 0) is 18.4 Å². The molecule has 0 bridgehead atoms. The topological polar surface area (TPSA) is 206 Å². The van der Waals surface area contributed by atoms with Crippen molar-refractivity contribution in [3.05, 3.63) is 0 Å². The van der Waals surface area contributed by atoms with Crippen LogP contribution in [0.2, 0.25) is 0 Å². The minimum absolute atomic E-state index is 0.241. The van der Waals surface area contributed by atoms with E-state index in [-0.39, 0.29) is 12.3 Å². The highest BCUT2D eigenvalue weighted by Crippen LogP contribution is 2.47. The number of phosphoric ester groups is 1. The molecule has 8 N–H and O–H groups in total. The molecule has 0 saturated heterocycles. The standard InChI is InChI=1S/C37H74NO11P/c1-3-5-7-9-11-13-15-16-17-19-21-23-25-27-31(40)38-29(30(39)26-24-22-20-18-14-12-10-8-6-4-2)28-48-50(46,47)49-37-35(44)33(42)32(41)34(43)36(37)45/h29-30,32-37,39,41-45H,3-28H2,1-2H3,(H,38,40)(H,46,47)/t29-,30+,32?,33+,34?,35?,36?,37?/m0/s1. The predicted molar refractivity (Wildman–Crippen MR) is 195 cm³/mol. The van der Waals surface area contributed by atoms with Crippen LogP contribution in [0.4, 0.5) is 0 Å². The molecule has 0 aliphatic heterocycles. The highest BCUT2D eigenvalue weighted by molar-refractivity contribution is 7.47. The first-order valence-electron chi connectivity index (χ1n) is 20.0. The van der Waals surface area contributed by atoms with Gasteiger partial charge in [0.1, 0.15) is 36.6 Å². The zero-order chi connectivity index (χ0) is 37.2. The van der Waals surface area contributed by atoms with Gasteiger partial charge in [0.05, 0.1) is 18.8 Å². The quantitative estimate of drug-likeness (QED) is 0.0299. The Hall–Kier alpha value is -0.660. The second kappa shape index (κ2) is 28.8. The molecule has 9 atom stereocenters. The van der Waals surface area contributed by atoms with Gasteiger partial charge in [-0.25, -0.2) is 4.57 Å². The summed E-state index contributed by atoms with van der Waals surface area (Å²) in [5.74, 6) is -0.309. The van der Waals surface area contributed by atoms with E-state index in [1.807, 2.05) is 0 Å². The fraction of sp³-hybridized carbons (Fsp3) is 0.973. The summed E-state index contributed by atoms with van der Waals surface area (Å²) in [5, 5.41) is 63.7. The number of hydrogen-bond acceptors (Lipinski definition) is 10. The molecule has 0 radical (unpaired) electrons. The van der Waals surface area contributed by atoms with Crippen molar-refractivity contribution in [3.8, 4) is 0 Å². The van der Waals surface area contributed by atoms with Crippen LogP contribution in [0.5, 0.6) is 0 Å². The van der Waals surface area contributed by atoms with Gasteiger partial charge in [-0.3, -0.25) is 13.8 Å². The molecular weight excluding hydrogens is 665 g/mol. The largest absolute Gasteiger partial charge is 0.472 e. The Morgan fingerprint density at radius 3 is 1.38 bits per heavy atom. The lowest BCUT2D eigenvalue weighted by Gasteiger charge is -2.41. The monoisotopic (exact) mass is 739 g/mol. The molecule has 1 rings (SSSR count). The average molecular weight is 740 g/mol. The Kier molecular flexibility index (Phi) is 27.3. The zero-order valence-corrected chi connectivity index (χ0v) is 32.1. The molecule has 0 heterocycles. The maximum absolute atomic E-state index is 12.8. The van der Waals surface area contributed by atoms with E-state index in [9.17, 15) is 44.9 Å². The van der Waals surface area contributed by atoms with Crippen molar-refractivity contribution < 1.29 is 53.9 Å². The molecular formula is C37H74NO11P. The summed E-state index contributed by atoms with van der Waals surface area (Å²) in [6, 6.07) is -1.02. The summed E-state index contributed by atoms with van der Waals surface area (Å²) in [7, 11) is -5.04. The van der Waals surface area contributed by atoms with Gasteiger partial charge < -0.3 is 40.8 Å². The fourth-order valence-electron chi connectivity index (χ4n) is 6.55. The molecule has 0 spiro atoms. The SMILES string of the molecule is CCCCCCCCCCCCCCCC(=O)N[C@@H](COP(=O)(O)OC1C(O)C(O)C(O)[C@@H](O)C1O)[C@H](O)CCCCCCCCCCCC. The third-order valence-corrected chi connectivity index (χ3v) is 10.9. The number of carbonyl (C=O) groups is 1. The number of hydrogen-bond donors (Lipinski definition) is 8. The molecule has 1 aliphatic carbocycles. The lowest BCUT2D eigenvalue weighted by atomic mass is 9.85. The van der Waals surface area contributed by atoms with E-state index in [1.165, 1.54) is 96.3 Å². The van der Waals surface area contributed by atoms with Crippen LogP contribution < -0.4 is 5.32 Å². The number of aliphatic hydroxyl groups is 6. The maximum Gasteiger partial charge on any atom is 0.472 e. The summed E-state index contributed by atoms with van der Waals surface area (Å²) in [4.78, 5) is 23.2. The third kappa shape index (κ3) is 21.1. The number of nitrogens with one attached hydrogen (secondary N) is 1. The first-order chi connectivity index (χ1) is 23.9. The number of rotatable bonds is 32. The summed E-state index contributed by atoms with van der Waals surface area (Å²) in [6.07, 6.45) is 14.4. The van der Waals surface area contributed by atoms with Gasteiger partial charge in [-0.1, -0.05) is 155 Å². The first kappa shape index (κ1) is 47.4. The molecule has 50 heavy (non-hydrogen) atoms. The normalized spacial score (nSPS) is 24.9. The zero-order valence-electron chi connectivity index (χ0n) is 31.2. The maximum atomic E-state index is 12.8. The van der Waals surface area contributed by atoms with Crippen molar-refractivity contribution in [1.82, 2.24) is 5.32 Å². The third-order valence-electron chi connectivity index (χ3n) is 9.92. The van der Waals surface area contributed by atoms with E-state index in [1.54, 1.807) is 0 Å². The second-order valence-electron chi connectivity index (χ2n) is 14.5. The van der Waals surface area contributed by atoms with Gasteiger partial charge in [0, 0.05) is 6.42 Å². The molecule has 298 valence electrons. The number of unbranched alkanes of at least 4 members (excludes halogenated alkanes) is 21. The van der Waals surface area contributed by atoms with E-state index in [2.05, 4.69) is 19.2 Å². The van der Waals surface area contributed by atoms with Gasteiger partial charge in [-0.2, -0.15) is 0 Å².